The third kappa shape index (κ3) is 2.66. The van der Waals surface area contributed by atoms with Crippen molar-refractivity contribution < 1.29 is 9.53 Å². The molecule has 0 amide bonds. The lowest BCUT2D eigenvalue weighted by atomic mass is 10.4. The van der Waals surface area contributed by atoms with Crippen LogP contribution in [0.3, 0.4) is 0 Å². The Hall–Kier alpha value is -2.24. The molecule has 2 rings (SSSR count). The monoisotopic (exact) mass is 232 g/mol. The summed E-state index contributed by atoms with van der Waals surface area (Å²) in [7, 11) is 0. The van der Waals surface area contributed by atoms with Gasteiger partial charge in [-0.2, -0.15) is 0 Å². The maximum Gasteiger partial charge on any atom is 0.360 e. The number of esters is 1. The quantitative estimate of drug-likeness (QED) is 0.741. The first-order valence-electron chi connectivity index (χ1n) is 5.32. The van der Waals surface area contributed by atoms with E-state index in [9.17, 15) is 4.79 Å². The molecule has 0 radical (unpaired) electrons. The molecule has 0 atom stereocenters. The van der Waals surface area contributed by atoms with E-state index in [4.69, 9.17) is 4.74 Å². The minimum absolute atomic E-state index is 0.184. The van der Waals surface area contributed by atoms with Crippen LogP contribution in [0.25, 0.3) is 5.82 Å². The predicted molar refractivity (Wildman–Crippen MR) is 59.7 cm³/mol. The number of carbonyl (C=O) groups excluding carboxylic acids is 1. The second-order valence-electron chi connectivity index (χ2n) is 3.37. The smallest absolute Gasteiger partial charge is 0.360 e. The highest BCUT2D eigenvalue weighted by Gasteiger charge is 2.12. The maximum absolute atomic E-state index is 11.5. The second-order valence-corrected chi connectivity index (χ2v) is 3.37. The minimum Gasteiger partial charge on any atom is -0.461 e. The summed E-state index contributed by atoms with van der Waals surface area (Å²) in [5.41, 5.74) is 0.184. The van der Waals surface area contributed by atoms with Crippen molar-refractivity contribution in [3.8, 4) is 5.82 Å². The van der Waals surface area contributed by atoms with Crippen LogP contribution in [0.4, 0.5) is 0 Å². The molecule has 0 spiro atoms. The standard InChI is InChI=1S/C11H12N4O2/c1-2-7-17-11(16)9-8-15(14-13-9)10-5-3-4-6-12-10/h3-6,8H,2,7H2,1H3. The molecule has 6 nitrogen and oxygen atoms in total. The van der Waals surface area contributed by atoms with E-state index in [2.05, 4.69) is 15.3 Å². The number of hydrogen-bond donors (Lipinski definition) is 0. The average Bonchev–Trinajstić information content (AvgIpc) is 2.86. The maximum atomic E-state index is 11.5. The van der Waals surface area contributed by atoms with E-state index in [0.29, 0.717) is 12.4 Å². The lowest BCUT2D eigenvalue weighted by Gasteiger charge is -1.98. The molecule has 88 valence electrons. The topological polar surface area (TPSA) is 69.9 Å². The van der Waals surface area contributed by atoms with Gasteiger partial charge in [-0.05, 0) is 18.6 Å². The molecule has 0 unspecified atom stereocenters. The Morgan fingerprint density at radius 1 is 1.47 bits per heavy atom. The van der Waals surface area contributed by atoms with Gasteiger partial charge in [-0.3, -0.25) is 0 Å². The summed E-state index contributed by atoms with van der Waals surface area (Å²) in [5.74, 6) is 0.142. The molecule has 0 saturated carbocycles. The van der Waals surface area contributed by atoms with Gasteiger partial charge in [0, 0.05) is 6.20 Å². The molecule has 0 bridgehead atoms. The number of rotatable bonds is 4. The van der Waals surface area contributed by atoms with E-state index in [1.54, 1.807) is 18.3 Å². The molecule has 2 aromatic rings. The van der Waals surface area contributed by atoms with Crippen LogP contribution >= 0.6 is 0 Å². The van der Waals surface area contributed by atoms with Crippen molar-refractivity contribution in [2.45, 2.75) is 13.3 Å². The van der Waals surface area contributed by atoms with Crippen molar-refractivity contribution >= 4 is 5.97 Å². The number of pyridine rings is 1. The summed E-state index contributed by atoms with van der Waals surface area (Å²) in [5, 5.41) is 7.56. The average molecular weight is 232 g/mol. The zero-order valence-corrected chi connectivity index (χ0v) is 9.41. The van der Waals surface area contributed by atoms with Crippen molar-refractivity contribution in [3.63, 3.8) is 0 Å². The highest BCUT2D eigenvalue weighted by Crippen LogP contribution is 2.03. The Morgan fingerprint density at radius 3 is 3.06 bits per heavy atom. The predicted octanol–water partition coefficient (Wildman–Crippen LogP) is 1.23. The van der Waals surface area contributed by atoms with E-state index >= 15 is 0 Å². The zero-order chi connectivity index (χ0) is 12.1. The van der Waals surface area contributed by atoms with Gasteiger partial charge in [0.1, 0.15) is 0 Å². The SMILES string of the molecule is CCCOC(=O)c1cn(-c2ccccn2)nn1. The van der Waals surface area contributed by atoms with E-state index in [1.807, 2.05) is 13.0 Å². The van der Waals surface area contributed by atoms with Crippen LogP contribution in [0, 0.1) is 0 Å². The Bertz CT molecular complexity index is 495. The van der Waals surface area contributed by atoms with Crippen molar-refractivity contribution in [2.75, 3.05) is 6.61 Å². The molecule has 0 fully saturated rings. The third-order valence-electron chi connectivity index (χ3n) is 2.02. The summed E-state index contributed by atoms with van der Waals surface area (Å²) in [6, 6.07) is 5.41. The van der Waals surface area contributed by atoms with Crippen LogP contribution in [0.2, 0.25) is 0 Å². The number of ether oxygens (including phenoxy) is 1. The van der Waals surface area contributed by atoms with Gasteiger partial charge in [0.05, 0.1) is 12.8 Å². The number of hydrogen-bond acceptors (Lipinski definition) is 5. The van der Waals surface area contributed by atoms with Crippen molar-refractivity contribution in [1.82, 2.24) is 20.0 Å². The first-order valence-corrected chi connectivity index (χ1v) is 5.32. The first-order chi connectivity index (χ1) is 8.31. The molecule has 17 heavy (non-hydrogen) atoms. The van der Waals surface area contributed by atoms with E-state index in [0.717, 1.165) is 6.42 Å². The van der Waals surface area contributed by atoms with Crippen LogP contribution < -0.4 is 0 Å². The van der Waals surface area contributed by atoms with Crippen molar-refractivity contribution in [3.05, 3.63) is 36.3 Å². The Balaban J connectivity index is 2.14. The van der Waals surface area contributed by atoms with E-state index < -0.39 is 5.97 Å². The lowest BCUT2D eigenvalue weighted by Crippen LogP contribution is -2.06. The fourth-order valence-corrected chi connectivity index (χ4v) is 1.23. The molecule has 0 aliphatic rings. The third-order valence-corrected chi connectivity index (χ3v) is 2.02. The Morgan fingerprint density at radius 2 is 2.35 bits per heavy atom. The molecule has 0 aliphatic heterocycles. The second kappa shape index (κ2) is 5.20. The zero-order valence-electron chi connectivity index (χ0n) is 9.41. The molecule has 6 heteroatoms. The molecule has 2 heterocycles. The van der Waals surface area contributed by atoms with Crippen LogP contribution in [0.5, 0.6) is 0 Å². The summed E-state index contributed by atoms with van der Waals surface area (Å²) in [6.45, 7) is 2.31. The van der Waals surface area contributed by atoms with E-state index in [-0.39, 0.29) is 5.69 Å². The van der Waals surface area contributed by atoms with Gasteiger partial charge in [0.15, 0.2) is 11.5 Å². The van der Waals surface area contributed by atoms with Gasteiger partial charge in [-0.1, -0.05) is 18.2 Å². The minimum atomic E-state index is -0.464. The Labute approximate surface area is 98.2 Å². The van der Waals surface area contributed by atoms with Gasteiger partial charge in [-0.25, -0.2) is 14.5 Å². The summed E-state index contributed by atoms with van der Waals surface area (Å²) < 4.78 is 6.38. The van der Waals surface area contributed by atoms with Crippen LogP contribution in [-0.4, -0.2) is 32.6 Å². The summed E-state index contributed by atoms with van der Waals surface area (Å²) in [6.07, 6.45) is 3.92. The number of nitrogens with zero attached hydrogens (tertiary/aromatic N) is 4. The molecular formula is C11H12N4O2. The summed E-state index contributed by atoms with van der Waals surface area (Å²) in [4.78, 5) is 15.6. The summed E-state index contributed by atoms with van der Waals surface area (Å²) >= 11 is 0. The van der Waals surface area contributed by atoms with Crippen LogP contribution in [-0.2, 0) is 4.74 Å². The normalized spacial score (nSPS) is 10.2. The van der Waals surface area contributed by atoms with Gasteiger partial charge in [-0.15, -0.1) is 5.10 Å². The molecule has 0 aliphatic carbocycles. The van der Waals surface area contributed by atoms with Crippen molar-refractivity contribution in [2.24, 2.45) is 0 Å². The fraction of sp³-hybridized carbons (Fsp3) is 0.273. The molecule has 0 N–H and O–H groups in total. The van der Waals surface area contributed by atoms with Crippen molar-refractivity contribution in [1.29, 1.82) is 0 Å². The molecule has 0 saturated heterocycles. The first kappa shape index (κ1) is 11.3. The molecular weight excluding hydrogens is 220 g/mol. The number of carbonyl (C=O) groups is 1. The Kier molecular flexibility index (Phi) is 3.44. The van der Waals surface area contributed by atoms with Gasteiger partial charge >= 0.3 is 5.97 Å². The van der Waals surface area contributed by atoms with Gasteiger partial charge in [0.2, 0.25) is 0 Å². The molecule has 2 aromatic heterocycles. The molecule has 0 aromatic carbocycles. The largest absolute Gasteiger partial charge is 0.461 e. The lowest BCUT2D eigenvalue weighted by molar-refractivity contribution is 0.0498. The fourth-order valence-electron chi connectivity index (χ4n) is 1.23. The van der Waals surface area contributed by atoms with Gasteiger partial charge in [0.25, 0.3) is 0 Å². The highest BCUT2D eigenvalue weighted by atomic mass is 16.5. The van der Waals surface area contributed by atoms with Gasteiger partial charge < -0.3 is 4.74 Å². The van der Waals surface area contributed by atoms with E-state index in [1.165, 1.54) is 10.9 Å². The highest BCUT2D eigenvalue weighted by molar-refractivity contribution is 5.86. The van der Waals surface area contributed by atoms with Crippen LogP contribution in [0.15, 0.2) is 30.6 Å². The number of aromatic nitrogens is 4. The van der Waals surface area contributed by atoms with Crippen LogP contribution in [0.1, 0.15) is 23.8 Å².